The van der Waals surface area contributed by atoms with E-state index in [9.17, 15) is 4.79 Å². The Morgan fingerprint density at radius 1 is 1.39 bits per heavy atom. The van der Waals surface area contributed by atoms with E-state index in [1.165, 1.54) is 42.1 Å². The van der Waals surface area contributed by atoms with Crippen molar-refractivity contribution in [1.82, 2.24) is 9.80 Å². The van der Waals surface area contributed by atoms with Crippen molar-refractivity contribution >= 4 is 17.3 Å². The first-order valence-corrected chi connectivity index (χ1v) is 7.32. The Labute approximate surface area is 111 Å². The summed E-state index contributed by atoms with van der Waals surface area (Å²) in [6.45, 7) is 5.59. The number of carboxylic acid groups (broad SMARTS) is 1. The summed E-state index contributed by atoms with van der Waals surface area (Å²) in [5, 5.41) is 8.92. The fourth-order valence-electron chi connectivity index (χ4n) is 3.00. The Kier molecular flexibility index (Phi) is 3.37. The van der Waals surface area contributed by atoms with Crippen molar-refractivity contribution in [3.63, 3.8) is 0 Å². The van der Waals surface area contributed by atoms with Crippen LogP contribution in [0.3, 0.4) is 0 Å². The molecule has 2 saturated heterocycles. The maximum absolute atomic E-state index is 10.8. The average Bonchev–Trinajstić information content (AvgIpc) is 2.96. The molecule has 1 aromatic heterocycles. The van der Waals surface area contributed by atoms with Crippen molar-refractivity contribution < 1.29 is 9.90 Å². The first kappa shape index (κ1) is 12.1. The second-order valence-corrected chi connectivity index (χ2v) is 6.31. The molecular weight excluding hydrogens is 248 g/mol. The summed E-state index contributed by atoms with van der Waals surface area (Å²) in [7, 11) is 0. The number of rotatable bonds is 3. The summed E-state index contributed by atoms with van der Waals surface area (Å²) in [5.41, 5.74) is 0. The highest BCUT2D eigenvalue weighted by Gasteiger charge is 2.30. The number of hydrogen-bond donors (Lipinski definition) is 1. The fourth-order valence-corrected chi connectivity index (χ4v) is 3.89. The number of carboxylic acids is 1. The summed E-state index contributed by atoms with van der Waals surface area (Å²) in [6.07, 6.45) is 2.65. The van der Waals surface area contributed by atoms with Crippen LogP contribution < -0.4 is 0 Å². The Morgan fingerprint density at radius 3 is 3.06 bits per heavy atom. The second kappa shape index (κ2) is 4.99. The third-order valence-corrected chi connectivity index (χ3v) is 4.98. The minimum Gasteiger partial charge on any atom is -0.477 e. The van der Waals surface area contributed by atoms with Crippen molar-refractivity contribution in [2.75, 3.05) is 26.2 Å². The van der Waals surface area contributed by atoms with Crippen LogP contribution in [-0.2, 0) is 6.54 Å². The van der Waals surface area contributed by atoms with Gasteiger partial charge in [0.1, 0.15) is 4.88 Å². The van der Waals surface area contributed by atoms with Crippen molar-refractivity contribution in [3.05, 3.63) is 21.9 Å². The van der Waals surface area contributed by atoms with Gasteiger partial charge in [-0.1, -0.05) is 0 Å². The topological polar surface area (TPSA) is 43.8 Å². The lowest BCUT2D eigenvalue weighted by Crippen LogP contribution is -2.49. The summed E-state index contributed by atoms with van der Waals surface area (Å²) in [5.74, 6) is -0.813. The zero-order chi connectivity index (χ0) is 12.5. The number of nitrogens with zero attached hydrogens (tertiary/aromatic N) is 2. The van der Waals surface area contributed by atoms with E-state index < -0.39 is 5.97 Å². The third-order valence-electron chi connectivity index (χ3n) is 3.92. The van der Waals surface area contributed by atoms with Gasteiger partial charge in [0.15, 0.2) is 0 Å². The molecule has 4 nitrogen and oxygen atoms in total. The Bertz CT molecular complexity index is 446. The van der Waals surface area contributed by atoms with Crippen molar-refractivity contribution in [2.45, 2.75) is 25.4 Å². The third kappa shape index (κ3) is 2.43. The molecule has 0 bridgehead atoms. The van der Waals surface area contributed by atoms with Gasteiger partial charge in [0.05, 0.1) is 0 Å². The second-order valence-electron chi connectivity index (χ2n) is 5.14. The molecule has 2 fully saturated rings. The maximum Gasteiger partial charge on any atom is 0.345 e. The molecule has 0 radical (unpaired) electrons. The van der Waals surface area contributed by atoms with Gasteiger partial charge in [-0.25, -0.2) is 4.79 Å². The van der Waals surface area contributed by atoms with E-state index in [0.717, 1.165) is 25.7 Å². The molecule has 0 amide bonds. The number of thiophene rings is 1. The first-order chi connectivity index (χ1) is 8.72. The van der Waals surface area contributed by atoms with Gasteiger partial charge in [-0.2, -0.15) is 0 Å². The van der Waals surface area contributed by atoms with Gasteiger partial charge >= 0.3 is 5.97 Å². The number of aromatic carboxylic acids is 1. The first-order valence-electron chi connectivity index (χ1n) is 6.51. The molecule has 3 rings (SSSR count). The maximum atomic E-state index is 10.8. The molecule has 0 saturated carbocycles. The van der Waals surface area contributed by atoms with Crippen LogP contribution in [0.1, 0.15) is 27.4 Å². The summed E-state index contributed by atoms with van der Waals surface area (Å²) in [4.78, 5) is 17.5. The molecule has 1 unspecified atom stereocenters. The summed E-state index contributed by atoms with van der Waals surface area (Å²) in [6, 6.07) is 4.40. The van der Waals surface area contributed by atoms with E-state index in [-0.39, 0.29) is 0 Å². The highest BCUT2D eigenvalue weighted by molar-refractivity contribution is 7.13. The van der Waals surface area contributed by atoms with Crippen LogP contribution in [0, 0.1) is 0 Å². The lowest BCUT2D eigenvalue weighted by Gasteiger charge is -2.37. The monoisotopic (exact) mass is 266 g/mol. The Hall–Kier alpha value is -0.910. The van der Waals surface area contributed by atoms with Gasteiger partial charge in [0, 0.05) is 37.1 Å². The number of hydrogen-bond acceptors (Lipinski definition) is 4. The zero-order valence-corrected chi connectivity index (χ0v) is 11.2. The van der Waals surface area contributed by atoms with Crippen LogP contribution in [0.5, 0.6) is 0 Å². The van der Waals surface area contributed by atoms with Crippen molar-refractivity contribution in [2.24, 2.45) is 0 Å². The Balaban J connectivity index is 1.60. The van der Waals surface area contributed by atoms with Crippen LogP contribution in [0.4, 0.5) is 0 Å². The van der Waals surface area contributed by atoms with Gasteiger partial charge in [0.2, 0.25) is 0 Å². The Morgan fingerprint density at radius 2 is 2.28 bits per heavy atom. The largest absolute Gasteiger partial charge is 0.477 e. The molecule has 0 aliphatic carbocycles. The van der Waals surface area contributed by atoms with E-state index in [4.69, 9.17) is 5.11 Å². The zero-order valence-electron chi connectivity index (χ0n) is 10.3. The van der Waals surface area contributed by atoms with E-state index in [2.05, 4.69) is 9.80 Å². The molecule has 0 aromatic carbocycles. The minimum atomic E-state index is -0.813. The number of carbonyl (C=O) groups is 1. The molecule has 2 aliphatic rings. The van der Waals surface area contributed by atoms with Gasteiger partial charge in [-0.3, -0.25) is 9.80 Å². The standard InChI is InChI=1S/C13H18N2O2S/c16-13(17)12-4-3-11(18-12)9-14-6-7-15-5-1-2-10(15)8-14/h3-4,10H,1-2,5-9H2,(H,16,17). The molecule has 5 heteroatoms. The van der Waals surface area contributed by atoms with Gasteiger partial charge < -0.3 is 5.11 Å². The van der Waals surface area contributed by atoms with Crippen LogP contribution in [0.2, 0.25) is 0 Å². The smallest absolute Gasteiger partial charge is 0.345 e. The van der Waals surface area contributed by atoms with Crippen molar-refractivity contribution in [3.8, 4) is 0 Å². The molecule has 1 atom stereocenters. The molecule has 3 heterocycles. The predicted molar refractivity (Wildman–Crippen MR) is 71.2 cm³/mol. The van der Waals surface area contributed by atoms with E-state index in [1.54, 1.807) is 6.07 Å². The molecule has 0 spiro atoms. The van der Waals surface area contributed by atoms with E-state index >= 15 is 0 Å². The van der Waals surface area contributed by atoms with Gasteiger partial charge in [0.25, 0.3) is 0 Å². The van der Waals surface area contributed by atoms with Gasteiger partial charge in [-0.05, 0) is 31.5 Å². The highest BCUT2D eigenvalue weighted by atomic mass is 32.1. The SMILES string of the molecule is O=C(O)c1ccc(CN2CCN3CCCC3C2)s1. The number of fused-ring (bicyclic) bond motifs is 1. The average molecular weight is 266 g/mol. The normalized spacial score (nSPS) is 25.2. The molecule has 18 heavy (non-hydrogen) atoms. The fraction of sp³-hybridized carbons (Fsp3) is 0.615. The molecule has 2 aliphatic heterocycles. The lowest BCUT2D eigenvalue weighted by molar-refractivity contribution is 0.0702. The summed E-state index contributed by atoms with van der Waals surface area (Å²) >= 11 is 1.41. The van der Waals surface area contributed by atoms with Crippen LogP contribution in [0.15, 0.2) is 12.1 Å². The molecule has 1 aromatic rings. The summed E-state index contributed by atoms with van der Waals surface area (Å²) < 4.78 is 0. The van der Waals surface area contributed by atoms with Crippen LogP contribution in [0.25, 0.3) is 0 Å². The van der Waals surface area contributed by atoms with Crippen LogP contribution in [-0.4, -0.2) is 53.1 Å². The van der Waals surface area contributed by atoms with E-state index in [1.807, 2.05) is 6.07 Å². The molecule has 1 N–H and O–H groups in total. The van der Waals surface area contributed by atoms with E-state index in [0.29, 0.717) is 4.88 Å². The predicted octanol–water partition coefficient (Wildman–Crippen LogP) is 1.73. The lowest BCUT2D eigenvalue weighted by atomic mass is 10.1. The van der Waals surface area contributed by atoms with Gasteiger partial charge in [-0.15, -0.1) is 11.3 Å². The molecule has 98 valence electrons. The van der Waals surface area contributed by atoms with Crippen LogP contribution >= 0.6 is 11.3 Å². The quantitative estimate of drug-likeness (QED) is 0.905. The molecular formula is C13H18N2O2S. The highest BCUT2D eigenvalue weighted by Crippen LogP contribution is 2.24. The van der Waals surface area contributed by atoms with Crippen molar-refractivity contribution in [1.29, 1.82) is 0 Å². The number of piperazine rings is 1. The minimum absolute atomic E-state index is 0.449.